The number of benzene rings is 5. The summed E-state index contributed by atoms with van der Waals surface area (Å²) in [5, 5.41) is 25.7. The molecule has 0 saturated heterocycles. The van der Waals surface area contributed by atoms with Crippen molar-refractivity contribution in [1.29, 1.82) is 0 Å². The summed E-state index contributed by atoms with van der Waals surface area (Å²) >= 11 is 32.1. The predicted octanol–water partition coefficient (Wildman–Crippen LogP) is 13.6. The summed E-state index contributed by atoms with van der Waals surface area (Å²) in [6.45, 7) is 11.9. The summed E-state index contributed by atoms with van der Waals surface area (Å²) in [5.74, 6) is -3.13. The second-order valence-electron chi connectivity index (χ2n) is 15.7. The van der Waals surface area contributed by atoms with Crippen LogP contribution in [0.15, 0.2) is 111 Å². The van der Waals surface area contributed by atoms with Gasteiger partial charge in [-0.25, -0.2) is 0 Å². The smallest absolute Gasteiger partial charge is 0.258 e. The van der Waals surface area contributed by atoms with Gasteiger partial charge in [-0.1, -0.05) is 35.3 Å². The van der Waals surface area contributed by atoms with Gasteiger partial charge in [0.05, 0.1) is 61.9 Å². The number of halogens is 5. The summed E-state index contributed by atoms with van der Waals surface area (Å²) < 4.78 is 11.2. The summed E-state index contributed by atoms with van der Waals surface area (Å²) in [5.41, 5.74) is 3.10. The number of hydrogen-bond acceptors (Lipinski definition) is 12. The van der Waals surface area contributed by atoms with E-state index < -0.39 is 63.4 Å². The number of carbonyl (C=O) groups is 6. The number of nitrogens with zero attached hydrogens (tertiary/aromatic N) is 4. The van der Waals surface area contributed by atoms with Crippen LogP contribution in [0, 0.1) is 0 Å². The van der Waals surface area contributed by atoms with Crippen LogP contribution in [0.1, 0.15) is 102 Å². The van der Waals surface area contributed by atoms with E-state index in [9.17, 15) is 28.8 Å². The average molecular weight is 1070 g/mol. The molecule has 0 aromatic heterocycles. The van der Waals surface area contributed by atoms with Crippen molar-refractivity contribution in [2.45, 2.75) is 76.7 Å². The van der Waals surface area contributed by atoms with Crippen molar-refractivity contribution < 1.29 is 38.2 Å². The van der Waals surface area contributed by atoms with Gasteiger partial charge in [-0.15, -0.1) is 34.8 Å². The highest BCUT2D eigenvalue weighted by atomic mass is 35.5. The fourth-order valence-corrected chi connectivity index (χ4v) is 7.72. The van der Waals surface area contributed by atoms with Crippen molar-refractivity contribution in [3.05, 3.63) is 129 Å². The van der Waals surface area contributed by atoms with Crippen molar-refractivity contribution in [1.82, 2.24) is 0 Å². The van der Waals surface area contributed by atoms with Crippen LogP contribution in [0.4, 0.5) is 34.1 Å². The lowest BCUT2D eigenvalue weighted by molar-refractivity contribution is -0.127. The number of amides is 4. The van der Waals surface area contributed by atoms with E-state index in [-0.39, 0.29) is 43.9 Å². The van der Waals surface area contributed by atoms with E-state index in [1.54, 1.807) is 57.2 Å². The SMILES string of the molecule is CCOc1ccc(C(C)Cl)c(NC(=O)c2cc(N=NC(C(C)=O)C(=O)Nc3ccc(NC(=O)C(N=Nc4ccc(Cl)c(C(=O)Nc5cc(OCC)ccc5C(C)Cl)c4)C(C)=O)c(C(C)Cl)c3)ccc2Cl)c1. The van der Waals surface area contributed by atoms with Crippen LogP contribution in [0.2, 0.25) is 10.0 Å². The third-order valence-corrected chi connectivity index (χ3v) is 11.6. The molecule has 0 saturated carbocycles. The molecule has 0 heterocycles. The van der Waals surface area contributed by atoms with Crippen LogP contribution in [0.25, 0.3) is 0 Å². The zero-order valence-corrected chi connectivity index (χ0v) is 43.2. The van der Waals surface area contributed by atoms with Gasteiger partial charge < -0.3 is 30.7 Å². The zero-order valence-electron chi connectivity index (χ0n) is 39.4. The number of nitrogens with one attached hydrogen (secondary N) is 4. The molecule has 5 rings (SSSR count). The molecule has 0 spiro atoms. The molecule has 0 fully saturated rings. The molecule has 0 aliphatic carbocycles. The molecule has 21 heteroatoms. The Morgan fingerprint density at radius 2 is 0.930 bits per heavy atom. The van der Waals surface area contributed by atoms with E-state index in [1.165, 1.54) is 54.6 Å². The largest absolute Gasteiger partial charge is 0.494 e. The van der Waals surface area contributed by atoms with Gasteiger partial charge in [-0.05, 0) is 132 Å². The summed E-state index contributed by atoms with van der Waals surface area (Å²) in [4.78, 5) is 79.5. The monoisotopic (exact) mass is 1060 g/mol. The fraction of sp³-hybridized carbons (Fsp3) is 0.280. The minimum Gasteiger partial charge on any atom is -0.494 e. The van der Waals surface area contributed by atoms with Gasteiger partial charge in [-0.2, -0.15) is 20.5 Å². The van der Waals surface area contributed by atoms with Gasteiger partial charge in [-0.3, -0.25) is 28.8 Å². The number of azo groups is 2. The number of ether oxygens (including phenoxy) is 2. The quantitative estimate of drug-likeness (QED) is 0.0314. The minimum atomic E-state index is -1.63. The third kappa shape index (κ3) is 15.0. The Kier molecular flexibility index (Phi) is 20.0. The van der Waals surface area contributed by atoms with Crippen LogP contribution in [-0.2, 0) is 19.2 Å². The van der Waals surface area contributed by atoms with E-state index in [1.807, 2.05) is 13.8 Å². The van der Waals surface area contributed by atoms with Gasteiger partial charge in [0.2, 0.25) is 12.1 Å². The van der Waals surface area contributed by atoms with Crippen LogP contribution in [0.3, 0.4) is 0 Å². The standard InChI is InChI=1S/C50H49Cl5N8O8/c1-8-70-33-13-15-35(25(3)51)43(23-33)58-47(66)38-21-31(10-17-40(38)54)60-62-45(28(6)64)49(68)56-30-12-19-42(37(20-30)27(5)53)57-50(69)46(29(7)65)63-61-32-11-18-41(55)39(22-32)48(67)59-44-24-34(71-9-2)14-16-36(44)26(4)52/h10-27,45-46H,8-9H2,1-7H3,(H,56,68)(H,57,69)(H,58,66)(H,59,67). The highest BCUT2D eigenvalue weighted by Gasteiger charge is 2.27. The molecule has 5 aromatic rings. The maximum absolute atomic E-state index is 13.6. The summed E-state index contributed by atoms with van der Waals surface area (Å²) in [6.07, 6.45) is 0. The van der Waals surface area contributed by atoms with Gasteiger partial charge in [0.25, 0.3) is 23.6 Å². The molecule has 4 amide bonds. The lowest BCUT2D eigenvalue weighted by atomic mass is 10.1. The molecule has 0 aliphatic rings. The van der Waals surface area contributed by atoms with Crippen LogP contribution < -0.4 is 30.7 Å². The van der Waals surface area contributed by atoms with Crippen molar-refractivity contribution in [3.63, 3.8) is 0 Å². The van der Waals surface area contributed by atoms with E-state index >= 15 is 0 Å². The topological polar surface area (TPSA) is 218 Å². The minimum absolute atomic E-state index is 0.0301. The molecule has 5 unspecified atom stereocenters. The van der Waals surface area contributed by atoms with Crippen LogP contribution in [0.5, 0.6) is 11.5 Å². The first kappa shape index (κ1) is 55.5. The predicted molar refractivity (Wildman–Crippen MR) is 279 cm³/mol. The Balaban J connectivity index is 1.29. The summed E-state index contributed by atoms with van der Waals surface area (Å²) in [6, 6.07) is 19.8. The normalized spacial score (nSPS) is 13.4. The number of anilines is 4. The number of hydrogen-bond donors (Lipinski definition) is 4. The summed E-state index contributed by atoms with van der Waals surface area (Å²) in [7, 11) is 0. The number of ketones is 2. The lowest BCUT2D eigenvalue weighted by Gasteiger charge is -2.17. The highest BCUT2D eigenvalue weighted by Crippen LogP contribution is 2.35. The Hall–Kier alpha value is -6.43. The lowest BCUT2D eigenvalue weighted by Crippen LogP contribution is -2.32. The fourth-order valence-electron chi connectivity index (χ4n) is 6.75. The maximum Gasteiger partial charge on any atom is 0.258 e. The van der Waals surface area contributed by atoms with Crippen LogP contribution in [-0.4, -0.2) is 60.5 Å². The first-order valence-electron chi connectivity index (χ1n) is 22.0. The van der Waals surface area contributed by atoms with Crippen molar-refractivity contribution >= 4 is 127 Å². The molecular weight excluding hydrogens is 1020 g/mol. The van der Waals surface area contributed by atoms with Crippen molar-refractivity contribution in [2.24, 2.45) is 20.5 Å². The second kappa shape index (κ2) is 25.6. The number of alkyl halides is 3. The van der Waals surface area contributed by atoms with Gasteiger partial charge in [0.1, 0.15) is 11.5 Å². The molecule has 16 nitrogen and oxygen atoms in total. The van der Waals surface area contributed by atoms with Crippen molar-refractivity contribution in [3.8, 4) is 11.5 Å². The Labute approximate surface area is 435 Å². The molecule has 372 valence electrons. The van der Waals surface area contributed by atoms with Gasteiger partial charge in [0, 0.05) is 34.9 Å². The van der Waals surface area contributed by atoms with E-state index in [0.717, 1.165) is 13.8 Å². The van der Waals surface area contributed by atoms with Crippen LogP contribution >= 0.6 is 58.0 Å². The first-order chi connectivity index (χ1) is 33.7. The van der Waals surface area contributed by atoms with Crippen molar-refractivity contribution in [2.75, 3.05) is 34.5 Å². The molecule has 0 bridgehead atoms. The van der Waals surface area contributed by atoms with Gasteiger partial charge >= 0.3 is 0 Å². The molecule has 5 atom stereocenters. The first-order valence-corrected chi connectivity index (χ1v) is 24.0. The molecule has 0 aliphatic heterocycles. The number of Topliss-reactive ketones (excluding diaryl/α,β-unsaturated/α-hetero) is 2. The molecule has 71 heavy (non-hydrogen) atoms. The average Bonchev–Trinajstić information content (AvgIpc) is 3.30. The Morgan fingerprint density at radius 1 is 0.507 bits per heavy atom. The molecule has 5 aromatic carbocycles. The highest BCUT2D eigenvalue weighted by molar-refractivity contribution is 6.35. The van der Waals surface area contributed by atoms with Gasteiger partial charge in [0.15, 0.2) is 11.6 Å². The number of carbonyl (C=O) groups excluding carboxylic acids is 6. The number of rotatable bonds is 21. The molecule has 0 radical (unpaired) electrons. The van der Waals surface area contributed by atoms with E-state index in [0.29, 0.717) is 52.8 Å². The molecule has 4 N–H and O–H groups in total. The zero-order chi connectivity index (χ0) is 52.1. The third-order valence-electron chi connectivity index (χ3n) is 10.3. The maximum atomic E-state index is 13.6. The Morgan fingerprint density at radius 3 is 1.32 bits per heavy atom. The van der Waals surface area contributed by atoms with E-state index in [2.05, 4.69) is 41.7 Å². The second-order valence-corrected chi connectivity index (χ2v) is 18.5. The van der Waals surface area contributed by atoms with E-state index in [4.69, 9.17) is 67.5 Å². The molecular formula is C50H49Cl5N8O8. The Bertz CT molecular complexity index is 2890.